The van der Waals surface area contributed by atoms with E-state index in [1.165, 1.54) is 5.56 Å². The van der Waals surface area contributed by atoms with Crippen LogP contribution in [-0.4, -0.2) is 18.8 Å². The van der Waals surface area contributed by atoms with Crippen molar-refractivity contribution in [3.63, 3.8) is 0 Å². The number of phenolic OH excluding ortho intramolecular Hbond substituents is 1. The molecule has 0 radical (unpaired) electrons. The zero-order valence-electron chi connectivity index (χ0n) is 13.7. The largest absolute Gasteiger partial charge is 0.508 e. The fraction of sp³-hybridized carbons (Fsp3) is 0.368. The molecule has 0 amide bonds. The normalized spacial score (nSPS) is 11.3. The summed E-state index contributed by atoms with van der Waals surface area (Å²) in [6.45, 7) is 6.99. The summed E-state index contributed by atoms with van der Waals surface area (Å²) in [6, 6.07) is 13.4. The van der Waals surface area contributed by atoms with Gasteiger partial charge >= 0.3 is 0 Å². The van der Waals surface area contributed by atoms with Crippen LogP contribution < -0.4 is 9.47 Å². The highest BCUT2D eigenvalue weighted by Crippen LogP contribution is 2.33. The molecule has 0 aliphatic heterocycles. The highest BCUT2D eigenvalue weighted by molar-refractivity contribution is 5.45. The Morgan fingerprint density at radius 1 is 1.00 bits per heavy atom. The maximum atomic E-state index is 9.75. The monoisotopic (exact) mass is 300 g/mol. The van der Waals surface area contributed by atoms with Crippen molar-refractivity contribution in [2.45, 2.75) is 32.6 Å². The number of hydrogen-bond acceptors (Lipinski definition) is 3. The van der Waals surface area contributed by atoms with Crippen molar-refractivity contribution in [2.75, 3.05) is 13.7 Å². The number of phenols is 1. The first-order valence-corrected chi connectivity index (χ1v) is 7.50. The third-order valence-corrected chi connectivity index (χ3v) is 3.65. The van der Waals surface area contributed by atoms with Crippen molar-refractivity contribution in [3.8, 4) is 17.2 Å². The molecule has 3 heteroatoms. The Labute approximate surface area is 132 Å². The topological polar surface area (TPSA) is 38.7 Å². The summed E-state index contributed by atoms with van der Waals surface area (Å²) in [4.78, 5) is 0. The Morgan fingerprint density at radius 3 is 2.36 bits per heavy atom. The second-order valence-corrected chi connectivity index (χ2v) is 6.34. The molecule has 0 unspecified atom stereocenters. The number of hydrogen-bond donors (Lipinski definition) is 1. The molecule has 0 spiro atoms. The van der Waals surface area contributed by atoms with Gasteiger partial charge < -0.3 is 14.6 Å². The maximum Gasteiger partial charge on any atom is 0.161 e. The average molecular weight is 300 g/mol. The SMILES string of the molecule is COc1cc(C(C)(C)C)ccc1OCCc1ccccc1O. The summed E-state index contributed by atoms with van der Waals surface area (Å²) in [5.74, 6) is 1.77. The van der Waals surface area contributed by atoms with E-state index >= 15 is 0 Å². The quantitative estimate of drug-likeness (QED) is 0.893. The van der Waals surface area contributed by atoms with E-state index in [1.807, 2.05) is 30.3 Å². The van der Waals surface area contributed by atoms with Gasteiger partial charge in [0.1, 0.15) is 5.75 Å². The summed E-state index contributed by atoms with van der Waals surface area (Å²) in [7, 11) is 1.65. The lowest BCUT2D eigenvalue weighted by Crippen LogP contribution is -2.11. The maximum absolute atomic E-state index is 9.75. The van der Waals surface area contributed by atoms with E-state index in [0.717, 1.165) is 17.1 Å². The Bertz CT molecular complexity index is 627. The first-order valence-electron chi connectivity index (χ1n) is 7.50. The van der Waals surface area contributed by atoms with Gasteiger partial charge in [-0.3, -0.25) is 0 Å². The number of methoxy groups -OCH3 is 1. The van der Waals surface area contributed by atoms with Crippen LogP contribution in [0.1, 0.15) is 31.9 Å². The first kappa shape index (κ1) is 16.2. The Hall–Kier alpha value is -2.16. The molecule has 0 saturated heterocycles. The summed E-state index contributed by atoms with van der Waals surface area (Å²) < 4.78 is 11.3. The van der Waals surface area contributed by atoms with Crippen molar-refractivity contribution in [1.82, 2.24) is 0 Å². The third-order valence-electron chi connectivity index (χ3n) is 3.65. The standard InChI is InChI=1S/C19H24O3/c1-19(2,3)15-9-10-17(18(13-15)21-4)22-12-11-14-7-5-6-8-16(14)20/h5-10,13,20H,11-12H2,1-4H3. The number of aromatic hydroxyl groups is 1. The van der Waals surface area contributed by atoms with Gasteiger partial charge in [-0.15, -0.1) is 0 Å². The van der Waals surface area contributed by atoms with Crippen LogP contribution >= 0.6 is 0 Å². The van der Waals surface area contributed by atoms with Crippen LogP contribution in [0.15, 0.2) is 42.5 Å². The van der Waals surface area contributed by atoms with Crippen LogP contribution in [-0.2, 0) is 11.8 Å². The Morgan fingerprint density at radius 2 is 1.73 bits per heavy atom. The molecule has 0 aromatic heterocycles. The van der Waals surface area contributed by atoms with Crippen LogP contribution in [0.25, 0.3) is 0 Å². The van der Waals surface area contributed by atoms with Gasteiger partial charge in [-0.05, 0) is 34.7 Å². The van der Waals surface area contributed by atoms with Crippen LogP contribution in [0.5, 0.6) is 17.2 Å². The van der Waals surface area contributed by atoms with Gasteiger partial charge in [-0.2, -0.15) is 0 Å². The van der Waals surface area contributed by atoms with Gasteiger partial charge in [0.2, 0.25) is 0 Å². The molecule has 0 atom stereocenters. The summed E-state index contributed by atoms with van der Waals surface area (Å²) in [5.41, 5.74) is 2.16. The predicted molar refractivity (Wildman–Crippen MR) is 89.0 cm³/mol. The van der Waals surface area contributed by atoms with Crippen LogP contribution in [0.3, 0.4) is 0 Å². The third kappa shape index (κ3) is 3.94. The number of para-hydroxylation sites is 1. The zero-order valence-corrected chi connectivity index (χ0v) is 13.7. The van der Waals surface area contributed by atoms with Crippen LogP contribution in [0, 0.1) is 0 Å². The minimum Gasteiger partial charge on any atom is -0.508 e. The molecular formula is C19H24O3. The molecule has 0 fully saturated rings. The summed E-state index contributed by atoms with van der Waals surface area (Å²) in [6.07, 6.45) is 0.650. The highest BCUT2D eigenvalue weighted by Gasteiger charge is 2.16. The summed E-state index contributed by atoms with van der Waals surface area (Å²) >= 11 is 0. The average Bonchev–Trinajstić information content (AvgIpc) is 2.48. The van der Waals surface area contributed by atoms with Gasteiger partial charge in [0, 0.05) is 6.42 Å². The molecular weight excluding hydrogens is 276 g/mol. The molecule has 0 bridgehead atoms. The molecule has 2 rings (SSSR count). The predicted octanol–water partition coefficient (Wildman–Crippen LogP) is 4.32. The zero-order chi connectivity index (χ0) is 16.2. The smallest absolute Gasteiger partial charge is 0.161 e. The molecule has 3 nitrogen and oxygen atoms in total. The number of benzene rings is 2. The summed E-state index contributed by atoms with van der Waals surface area (Å²) in [5, 5.41) is 9.75. The van der Waals surface area contributed by atoms with Gasteiger partial charge in [0.25, 0.3) is 0 Å². The lowest BCUT2D eigenvalue weighted by atomic mass is 9.87. The second-order valence-electron chi connectivity index (χ2n) is 6.34. The number of rotatable bonds is 5. The first-order chi connectivity index (χ1) is 10.4. The van der Waals surface area contributed by atoms with Gasteiger partial charge in [0.05, 0.1) is 13.7 Å². The van der Waals surface area contributed by atoms with Gasteiger partial charge in [-0.25, -0.2) is 0 Å². The highest BCUT2D eigenvalue weighted by atomic mass is 16.5. The van der Waals surface area contributed by atoms with Crippen molar-refractivity contribution in [3.05, 3.63) is 53.6 Å². The van der Waals surface area contributed by atoms with Crippen LogP contribution in [0.4, 0.5) is 0 Å². The van der Waals surface area contributed by atoms with Crippen LogP contribution in [0.2, 0.25) is 0 Å². The van der Waals surface area contributed by atoms with Gasteiger partial charge in [-0.1, -0.05) is 45.0 Å². The minimum atomic E-state index is 0.0711. The van der Waals surface area contributed by atoms with E-state index in [2.05, 4.69) is 26.8 Å². The lowest BCUT2D eigenvalue weighted by Gasteiger charge is -2.21. The minimum absolute atomic E-state index is 0.0711. The molecule has 2 aromatic carbocycles. The van der Waals surface area contributed by atoms with Crippen molar-refractivity contribution < 1.29 is 14.6 Å². The molecule has 118 valence electrons. The molecule has 0 saturated carbocycles. The molecule has 0 aliphatic rings. The van der Waals surface area contributed by atoms with E-state index < -0.39 is 0 Å². The Balaban J connectivity index is 2.05. The van der Waals surface area contributed by atoms with E-state index in [1.54, 1.807) is 13.2 Å². The Kier molecular flexibility index (Phi) is 4.96. The van der Waals surface area contributed by atoms with Crippen molar-refractivity contribution in [2.24, 2.45) is 0 Å². The van der Waals surface area contributed by atoms with E-state index in [0.29, 0.717) is 18.8 Å². The molecule has 0 heterocycles. The van der Waals surface area contributed by atoms with Crippen molar-refractivity contribution >= 4 is 0 Å². The van der Waals surface area contributed by atoms with E-state index in [4.69, 9.17) is 9.47 Å². The van der Waals surface area contributed by atoms with Gasteiger partial charge in [0.15, 0.2) is 11.5 Å². The molecule has 1 N–H and O–H groups in total. The van der Waals surface area contributed by atoms with E-state index in [-0.39, 0.29) is 5.41 Å². The fourth-order valence-corrected chi connectivity index (χ4v) is 2.25. The molecule has 0 aliphatic carbocycles. The fourth-order valence-electron chi connectivity index (χ4n) is 2.25. The molecule has 22 heavy (non-hydrogen) atoms. The van der Waals surface area contributed by atoms with E-state index in [9.17, 15) is 5.11 Å². The number of ether oxygens (including phenoxy) is 2. The second kappa shape index (κ2) is 6.73. The van der Waals surface area contributed by atoms with Crippen molar-refractivity contribution in [1.29, 1.82) is 0 Å². The molecule has 2 aromatic rings. The lowest BCUT2D eigenvalue weighted by molar-refractivity contribution is 0.295.